The molecule has 5 nitrogen and oxygen atoms in total. The first-order chi connectivity index (χ1) is 13.7. The predicted octanol–water partition coefficient (Wildman–Crippen LogP) is 4.03. The largest absolute Gasteiger partial charge is 0.416 e. The van der Waals surface area contributed by atoms with Crippen LogP contribution in [-0.4, -0.2) is 42.9 Å². The molecular weight excluding hydrogens is 383 g/mol. The molecule has 2 aromatic rings. The van der Waals surface area contributed by atoms with E-state index in [4.69, 9.17) is 0 Å². The zero-order valence-electron chi connectivity index (χ0n) is 16.3. The second-order valence-electron chi connectivity index (χ2n) is 6.39. The van der Waals surface area contributed by atoms with Gasteiger partial charge in [-0.2, -0.15) is 13.2 Å². The van der Waals surface area contributed by atoms with Crippen LogP contribution in [0.5, 0.6) is 0 Å². The lowest BCUT2D eigenvalue weighted by atomic mass is 10.1. The average molecular weight is 407 g/mol. The fraction of sp³-hybridized carbons (Fsp3) is 0.333. The molecule has 0 radical (unpaired) electrons. The lowest BCUT2D eigenvalue weighted by Gasteiger charge is -2.18. The van der Waals surface area contributed by atoms with Crippen LogP contribution in [0.1, 0.15) is 40.1 Å². The molecule has 2 amide bonds. The van der Waals surface area contributed by atoms with Crippen molar-refractivity contribution >= 4 is 17.5 Å². The molecule has 0 aromatic heterocycles. The van der Waals surface area contributed by atoms with E-state index >= 15 is 0 Å². The van der Waals surface area contributed by atoms with Crippen molar-refractivity contribution < 1.29 is 22.8 Å². The number of carbonyl (C=O) groups is 2. The second-order valence-corrected chi connectivity index (χ2v) is 6.39. The van der Waals surface area contributed by atoms with Crippen molar-refractivity contribution in [2.45, 2.75) is 20.0 Å². The number of nitrogens with one attached hydrogen (secondary N) is 2. The molecule has 0 unspecified atom stereocenters. The van der Waals surface area contributed by atoms with Gasteiger partial charge < -0.3 is 15.5 Å². The van der Waals surface area contributed by atoms with Crippen LogP contribution in [0.2, 0.25) is 0 Å². The van der Waals surface area contributed by atoms with Crippen molar-refractivity contribution in [1.82, 2.24) is 10.2 Å². The second kappa shape index (κ2) is 10.1. The fourth-order valence-electron chi connectivity index (χ4n) is 2.69. The highest BCUT2D eigenvalue weighted by Crippen LogP contribution is 2.29. The third-order valence-electron chi connectivity index (χ3n) is 4.49. The summed E-state index contributed by atoms with van der Waals surface area (Å²) in [5.74, 6) is -0.743. The van der Waals surface area contributed by atoms with Gasteiger partial charge >= 0.3 is 6.18 Å². The SMILES string of the molecule is CCN(CC)CCNC(=O)c1ccc(NC(=O)c2ccc(C(F)(F)F)cc2)cc1. The summed E-state index contributed by atoms with van der Waals surface area (Å²) in [5, 5.41) is 5.44. The van der Waals surface area contributed by atoms with Crippen LogP contribution in [0.3, 0.4) is 0 Å². The van der Waals surface area contributed by atoms with Gasteiger partial charge in [-0.1, -0.05) is 13.8 Å². The molecule has 156 valence electrons. The monoisotopic (exact) mass is 407 g/mol. The summed E-state index contributed by atoms with van der Waals surface area (Å²) in [7, 11) is 0. The molecule has 0 heterocycles. The van der Waals surface area contributed by atoms with Crippen LogP contribution in [-0.2, 0) is 6.18 Å². The fourth-order valence-corrected chi connectivity index (χ4v) is 2.69. The van der Waals surface area contributed by atoms with Crippen LogP contribution in [0.4, 0.5) is 18.9 Å². The Morgan fingerprint density at radius 3 is 1.90 bits per heavy atom. The van der Waals surface area contributed by atoms with Crippen molar-refractivity contribution in [3.63, 3.8) is 0 Å². The molecule has 0 bridgehead atoms. The van der Waals surface area contributed by atoms with Crippen LogP contribution in [0.15, 0.2) is 48.5 Å². The molecule has 0 aliphatic heterocycles. The molecule has 29 heavy (non-hydrogen) atoms. The number of hydrogen-bond donors (Lipinski definition) is 2. The molecular formula is C21H24F3N3O2. The number of halogens is 3. The van der Waals surface area contributed by atoms with Crippen LogP contribution in [0.25, 0.3) is 0 Å². The first kappa shape index (κ1) is 22.4. The molecule has 0 saturated carbocycles. The Bertz CT molecular complexity index is 815. The van der Waals surface area contributed by atoms with E-state index in [-0.39, 0.29) is 11.5 Å². The molecule has 0 aliphatic carbocycles. The van der Waals surface area contributed by atoms with Gasteiger partial charge in [0, 0.05) is 29.9 Å². The lowest BCUT2D eigenvalue weighted by molar-refractivity contribution is -0.137. The zero-order chi connectivity index (χ0) is 21.4. The van der Waals surface area contributed by atoms with Gasteiger partial charge in [0.2, 0.25) is 0 Å². The number of amides is 2. The Morgan fingerprint density at radius 1 is 0.862 bits per heavy atom. The van der Waals surface area contributed by atoms with E-state index in [9.17, 15) is 22.8 Å². The third kappa shape index (κ3) is 6.60. The van der Waals surface area contributed by atoms with Crippen molar-refractivity contribution in [2.75, 3.05) is 31.5 Å². The summed E-state index contributed by atoms with van der Waals surface area (Å²) >= 11 is 0. The summed E-state index contributed by atoms with van der Waals surface area (Å²) in [4.78, 5) is 26.5. The topological polar surface area (TPSA) is 61.4 Å². The summed E-state index contributed by atoms with van der Waals surface area (Å²) in [6, 6.07) is 10.3. The summed E-state index contributed by atoms with van der Waals surface area (Å²) < 4.78 is 37.8. The Kier molecular flexibility index (Phi) is 7.78. The normalized spacial score (nSPS) is 11.4. The van der Waals surface area contributed by atoms with Gasteiger partial charge in [0.25, 0.3) is 11.8 Å². The maximum absolute atomic E-state index is 12.6. The number of likely N-dealkylation sites (N-methyl/N-ethyl adjacent to an activating group) is 1. The Labute approximate surface area is 167 Å². The van der Waals surface area contributed by atoms with Crippen molar-refractivity contribution in [1.29, 1.82) is 0 Å². The highest BCUT2D eigenvalue weighted by Gasteiger charge is 2.30. The van der Waals surface area contributed by atoms with Gasteiger partial charge in [-0.3, -0.25) is 9.59 Å². The molecule has 2 aromatic carbocycles. The van der Waals surface area contributed by atoms with Gasteiger partial charge in [0.1, 0.15) is 0 Å². The minimum Gasteiger partial charge on any atom is -0.351 e. The van der Waals surface area contributed by atoms with E-state index in [1.807, 2.05) is 0 Å². The first-order valence-corrected chi connectivity index (χ1v) is 9.33. The van der Waals surface area contributed by atoms with Gasteiger partial charge in [-0.15, -0.1) is 0 Å². The summed E-state index contributed by atoms with van der Waals surface area (Å²) in [6.45, 7) is 7.25. The van der Waals surface area contributed by atoms with Gasteiger partial charge in [-0.25, -0.2) is 0 Å². The number of alkyl halides is 3. The average Bonchev–Trinajstić information content (AvgIpc) is 2.71. The smallest absolute Gasteiger partial charge is 0.351 e. The Balaban J connectivity index is 1.91. The molecule has 0 saturated heterocycles. The van der Waals surface area contributed by atoms with E-state index in [0.29, 0.717) is 17.8 Å². The molecule has 2 N–H and O–H groups in total. The van der Waals surface area contributed by atoms with E-state index in [2.05, 4.69) is 29.4 Å². The molecule has 8 heteroatoms. The highest BCUT2D eigenvalue weighted by molar-refractivity contribution is 6.04. The quantitative estimate of drug-likeness (QED) is 0.695. The van der Waals surface area contributed by atoms with Gasteiger partial charge in [0.15, 0.2) is 0 Å². The molecule has 0 spiro atoms. The number of anilines is 1. The van der Waals surface area contributed by atoms with E-state index < -0.39 is 17.6 Å². The lowest BCUT2D eigenvalue weighted by Crippen LogP contribution is -2.34. The molecule has 0 fully saturated rings. The van der Waals surface area contributed by atoms with Crippen molar-refractivity contribution in [3.8, 4) is 0 Å². The number of nitrogens with zero attached hydrogens (tertiary/aromatic N) is 1. The van der Waals surface area contributed by atoms with Crippen LogP contribution in [0, 0.1) is 0 Å². The summed E-state index contributed by atoms with van der Waals surface area (Å²) in [6.07, 6.45) is -4.45. The van der Waals surface area contributed by atoms with Gasteiger partial charge in [-0.05, 0) is 61.6 Å². The Hall–Kier alpha value is -2.87. The number of carbonyl (C=O) groups excluding carboxylic acids is 2. The molecule has 0 atom stereocenters. The number of benzene rings is 2. The predicted molar refractivity (Wildman–Crippen MR) is 106 cm³/mol. The number of rotatable bonds is 8. The van der Waals surface area contributed by atoms with Gasteiger partial charge in [0.05, 0.1) is 5.56 Å². The van der Waals surface area contributed by atoms with Crippen LogP contribution < -0.4 is 10.6 Å². The minimum atomic E-state index is -4.45. The highest BCUT2D eigenvalue weighted by atomic mass is 19.4. The van der Waals surface area contributed by atoms with Crippen molar-refractivity contribution in [2.24, 2.45) is 0 Å². The van der Waals surface area contributed by atoms with E-state index in [0.717, 1.165) is 43.9 Å². The first-order valence-electron chi connectivity index (χ1n) is 9.33. The third-order valence-corrected chi connectivity index (χ3v) is 4.49. The summed E-state index contributed by atoms with van der Waals surface area (Å²) in [5.41, 5.74) is 0.188. The standard InChI is InChI=1S/C21H24F3N3O2/c1-3-27(4-2)14-13-25-19(28)15-7-11-18(12-8-15)26-20(29)16-5-9-17(10-6-16)21(22,23)24/h5-12H,3-4,13-14H2,1-2H3,(H,25,28)(H,26,29). The molecule has 0 aliphatic rings. The minimum absolute atomic E-state index is 0.108. The van der Waals surface area contributed by atoms with Crippen molar-refractivity contribution in [3.05, 3.63) is 65.2 Å². The molecule has 2 rings (SSSR count). The Morgan fingerprint density at radius 2 is 1.38 bits per heavy atom. The maximum atomic E-state index is 12.6. The zero-order valence-corrected chi connectivity index (χ0v) is 16.3. The van der Waals surface area contributed by atoms with E-state index in [1.54, 1.807) is 24.3 Å². The van der Waals surface area contributed by atoms with Crippen LogP contribution >= 0.6 is 0 Å². The van der Waals surface area contributed by atoms with E-state index in [1.165, 1.54) is 0 Å². The number of hydrogen-bond acceptors (Lipinski definition) is 3. The maximum Gasteiger partial charge on any atom is 0.416 e.